The number of anilines is 1. The van der Waals surface area contributed by atoms with Crippen LogP contribution in [0, 0.1) is 0 Å². The van der Waals surface area contributed by atoms with E-state index in [1.807, 2.05) is 7.05 Å². The molecule has 3 N–H and O–H groups in total. The molecule has 0 bridgehead atoms. The number of rotatable bonds is 5. The lowest BCUT2D eigenvalue weighted by Gasteiger charge is -2.26. The fraction of sp³-hybridized carbons (Fsp3) is 0.643. The average Bonchev–Trinajstić information content (AvgIpc) is 3.15. The minimum atomic E-state index is 0.644. The molecule has 0 amide bonds. The molecular formula is C14H23N7. The maximum absolute atomic E-state index is 5.59. The predicted octanol–water partition coefficient (Wildman–Crippen LogP) is 1.41. The first-order chi connectivity index (χ1) is 10.2. The number of nitrogens with zero attached hydrogens (tertiary/aromatic N) is 5. The van der Waals surface area contributed by atoms with Gasteiger partial charge in [-0.05, 0) is 19.4 Å². The number of hydrogen-bond acceptors (Lipinski definition) is 6. The van der Waals surface area contributed by atoms with Gasteiger partial charge in [0.25, 0.3) is 0 Å². The lowest BCUT2D eigenvalue weighted by Crippen LogP contribution is -2.33. The van der Waals surface area contributed by atoms with Gasteiger partial charge in [0.05, 0.1) is 18.1 Å². The summed E-state index contributed by atoms with van der Waals surface area (Å²) in [5.74, 6) is 7.03. The van der Waals surface area contributed by atoms with Crippen LogP contribution in [0.5, 0.6) is 0 Å². The summed E-state index contributed by atoms with van der Waals surface area (Å²) in [5.41, 5.74) is 3.48. The second kappa shape index (κ2) is 5.95. The highest BCUT2D eigenvalue weighted by molar-refractivity contribution is 5.86. The van der Waals surface area contributed by atoms with Crippen LogP contribution in [0.1, 0.15) is 38.4 Å². The SMILES string of the molecule is CCN(Cc1nc(NN)c2cnn(C)c2n1)C1CCCC1. The van der Waals surface area contributed by atoms with Gasteiger partial charge in [0.2, 0.25) is 0 Å². The Bertz CT molecular complexity index is 615. The Balaban J connectivity index is 1.90. The molecular weight excluding hydrogens is 266 g/mol. The monoisotopic (exact) mass is 289 g/mol. The highest BCUT2D eigenvalue weighted by atomic mass is 15.3. The Hall–Kier alpha value is -1.73. The van der Waals surface area contributed by atoms with Crippen LogP contribution in [0.4, 0.5) is 5.82 Å². The zero-order chi connectivity index (χ0) is 14.8. The van der Waals surface area contributed by atoms with E-state index >= 15 is 0 Å². The maximum Gasteiger partial charge on any atom is 0.163 e. The van der Waals surface area contributed by atoms with E-state index in [4.69, 9.17) is 5.84 Å². The van der Waals surface area contributed by atoms with Crippen LogP contribution in [-0.2, 0) is 13.6 Å². The number of hydrogen-bond donors (Lipinski definition) is 2. The van der Waals surface area contributed by atoms with E-state index in [-0.39, 0.29) is 0 Å². The predicted molar refractivity (Wildman–Crippen MR) is 82.5 cm³/mol. The van der Waals surface area contributed by atoms with E-state index in [1.165, 1.54) is 25.7 Å². The van der Waals surface area contributed by atoms with Crippen LogP contribution in [0.2, 0.25) is 0 Å². The number of aryl methyl sites for hydroxylation is 1. The number of fused-ring (bicyclic) bond motifs is 1. The van der Waals surface area contributed by atoms with Crippen molar-refractivity contribution in [1.82, 2.24) is 24.6 Å². The van der Waals surface area contributed by atoms with Crippen molar-refractivity contribution >= 4 is 16.9 Å². The average molecular weight is 289 g/mol. The third-order valence-corrected chi connectivity index (χ3v) is 4.37. The topological polar surface area (TPSA) is 84.9 Å². The summed E-state index contributed by atoms with van der Waals surface area (Å²) >= 11 is 0. The minimum Gasteiger partial charge on any atom is -0.308 e. The highest BCUT2D eigenvalue weighted by Gasteiger charge is 2.22. The van der Waals surface area contributed by atoms with Gasteiger partial charge in [-0.1, -0.05) is 19.8 Å². The molecule has 0 atom stereocenters. The second-order valence-corrected chi connectivity index (χ2v) is 5.64. The van der Waals surface area contributed by atoms with Crippen molar-refractivity contribution in [1.29, 1.82) is 0 Å². The minimum absolute atomic E-state index is 0.644. The Morgan fingerprint density at radius 3 is 2.81 bits per heavy atom. The number of nitrogen functional groups attached to an aromatic ring is 1. The summed E-state index contributed by atoms with van der Waals surface area (Å²) < 4.78 is 1.76. The number of hydrazine groups is 1. The van der Waals surface area contributed by atoms with Gasteiger partial charge in [0.15, 0.2) is 11.5 Å². The molecule has 21 heavy (non-hydrogen) atoms. The molecule has 2 aromatic heterocycles. The van der Waals surface area contributed by atoms with Crippen molar-refractivity contribution in [3.8, 4) is 0 Å². The normalized spacial score (nSPS) is 16.2. The molecule has 2 aromatic rings. The molecule has 1 saturated carbocycles. The van der Waals surface area contributed by atoms with Crippen LogP contribution in [0.15, 0.2) is 6.20 Å². The molecule has 0 saturated heterocycles. The van der Waals surface area contributed by atoms with Gasteiger partial charge in [-0.25, -0.2) is 15.8 Å². The summed E-state index contributed by atoms with van der Waals surface area (Å²) in [6.45, 7) is 3.98. The van der Waals surface area contributed by atoms with Crippen molar-refractivity contribution in [2.24, 2.45) is 12.9 Å². The fourth-order valence-electron chi connectivity index (χ4n) is 3.20. The van der Waals surface area contributed by atoms with Crippen molar-refractivity contribution in [3.05, 3.63) is 12.0 Å². The van der Waals surface area contributed by atoms with E-state index < -0.39 is 0 Å². The fourth-order valence-corrected chi connectivity index (χ4v) is 3.20. The Morgan fingerprint density at radius 2 is 2.14 bits per heavy atom. The number of nitrogens with one attached hydrogen (secondary N) is 1. The first-order valence-electron chi connectivity index (χ1n) is 7.62. The molecule has 1 fully saturated rings. The van der Waals surface area contributed by atoms with E-state index in [0.717, 1.165) is 29.9 Å². The van der Waals surface area contributed by atoms with Crippen molar-refractivity contribution < 1.29 is 0 Å². The lowest BCUT2D eigenvalue weighted by molar-refractivity contribution is 0.195. The van der Waals surface area contributed by atoms with Gasteiger partial charge in [0, 0.05) is 13.1 Å². The van der Waals surface area contributed by atoms with Crippen LogP contribution >= 0.6 is 0 Å². The van der Waals surface area contributed by atoms with Gasteiger partial charge in [-0.2, -0.15) is 5.10 Å². The molecule has 1 aliphatic carbocycles. The molecule has 0 radical (unpaired) electrons. The highest BCUT2D eigenvalue weighted by Crippen LogP contribution is 2.25. The molecule has 0 spiro atoms. The first-order valence-corrected chi connectivity index (χ1v) is 7.62. The molecule has 0 aliphatic heterocycles. The summed E-state index contributed by atoms with van der Waals surface area (Å²) in [5, 5.41) is 5.08. The van der Waals surface area contributed by atoms with E-state index in [0.29, 0.717) is 11.9 Å². The van der Waals surface area contributed by atoms with Gasteiger partial charge in [0.1, 0.15) is 5.82 Å². The largest absolute Gasteiger partial charge is 0.308 e. The van der Waals surface area contributed by atoms with E-state index in [9.17, 15) is 0 Å². The summed E-state index contributed by atoms with van der Waals surface area (Å²) in [4.78, 5) is 11.7. The van der Waals surface area contributed by atoms with Crippen molar-refractivity contribution in [3.63, 3.8) is 0 Å². The zero-order valence-electron chi connectivity index (χ0n) is 12.7. The molecule has 2 heterocycles. The lowest BCUT2D eigenvalue weighted by atomic mass is 10.2. The Labute approximate surface area is 124 Å². The quantitative estimate of drug-likeness (QED) is 0.639. The van der Waals surface area contributed by atoms with Crippen LogP contribution in [0.3, 0.4) is 0 Å². The van der Waals surface area contributed by atoms with Crippen molar-refractivity contribution in [2.45, 2.75) is 45.2 Å². The molecule has 3 rings (SSSR count). The zero-order valence-corrected chi connectivity index (χ0v) is 12.7. The molecule has 7 nitrogen and oxygen atoms in total. The third-order valence-electron chi connectivity index (χ3n) is 4.37. The van der Waals surface area contributed by atoms with Crippen LogP contribution < -0.4 is 11.3 Å². The summed E-state index contributed by atoms with van der Waals surface area (Å²) in [7, 11) is 1.88. The smallest absolute Gasteiger partial charge is 0.163 e. The first kappa shape index (κ1) is 14.2. The van der Waals surface area contributed by atoms with Gasteiger partial charge >= 0.3 is 0 Å². The molecule has 0 unspecified atom stereocenters. The van der Waals surface area contributed by atoms with Crippen LogP contribution in [-0.4, -0.2) is 37.2 Å². The molecule has 7 heteroatoms. The number of aromatic nitrogens is 4. The number of nitrogens with two attached hydrogens (primary N) is 1. The van der Waals surface area contributed by atoms with Crippen LogP contribution in [0.25, 0.3) is 11.0 Å². The Kier molecular flexibility index (Phi) is 4.03. The van der Waals surface area contributed by atoms with Gasteiger partial charge < -0.3 is 5.43 Å². The maximum atomic E-state index is 5.59. The summed E-state index contributed by atoms with van der Waals surface area (Å²) in [6.07, 6.45) is 6.97. The molecule has 1 aliphatic rings. The van der Waals surface area contributed by atoms with E-state index in [2.05, 4.69) is 32.3 Å². The van der Waals surface area contributed by atoms with E-state index in [1.54, 1.807) is 10.9 Å². The second-order valence-electron chi connectivity index (χ2n) is 5.64. The third kappa shape index (κ3) is 2.71. The standard InChI is InChI=1S/C14H23N7/c1-3-21(10-6-4-5-7-10)9-12-17-13(19-15)11-8-16-20(2)14(11)18-12/h8,10H,3-7,9,15H2,1-2H3,(H,17,18,19). The van der Waals surface area contributed by atoms with Crippen molar-refractivity contribution in [2.75, 3.05) is 12.0 Å². The van der Waals surface area contributed by atoms with Gasteiger partial charge in [-0.3, -0.25) is 9.58 Å². The molecule has 0 aromatic carbocycles. The van der Waals surface area contributed by atoms with Gasteiger partial charge in [-0.15, -0.1) is 0 Å². The molecule has 114 valence electrons. The Morgan fingerprint density at radius 1 is 1.38 bits per heavy atom. The summed E-state index contributed by atoms with van der Waals surface area (Å²) in [6, 6.07) is 0.662.